The van der Waals surface area contributed by atoms with Crippen molar-refractivity contribution in [3.8, 4) is 0 Å². The highest BCUT2D eigenvalue weighted by atomic mass is 16.2. The second kappa shape index (κ2) is 43.6. The number of H-pyrrole nitrogens is 3. The maximum absolute atomic E-state index is 11.5. The summed E-state index contributed by atoms with van der Waals surface area (Å²) in [6.07, 6.45) is 23.0. The van der Waals surface area contributed by atoms with Gasteiger partial charge in [0, 0.05) is 119 Å². The van der Waals surface area contributed by atoms with E-state index in [9.17, 15) is 24.0 Å². The van der Waals surface area contributed by atoms with Gasteiger partial charge in [-0.15, -0.1) is 0 Å². The predicted octanol–water partition coefficient (Wildman–Crippen LogP) is 21.9. The van der Waals surface area contributed by atoms with Gasteiger partial charge in [-0.05, 0) is 218 Å². The molecular formula is C101H114N16O5. The molecule has 628 valence electrons. The SMILES string of the molecule is CC(C)c1ccc2c(c1)C(=O)NCC2.CC(C)c1ccc2c(c1)NC(=O)CC2.CC(C)c1ccc2cc[nH]c(=O)c2c1.CC(C)c1ccc2cccnc2n1.CC(C)c1ccc2ccncc2c1.CC(C)c1ccc2cnc(=O)[nH]c2c1.CC(C)c1ccc2ncc(=O)[nH]c2c1.CC(C)c1cnc2nccnc2c1.CC(C)c1nccc2cncnc12. The summed E-state index contributed by atoms with van der Waals surface area (Å²) < 4.78 is 0. The fourth-order valence-electron chi connectivity index (χ4n) is 13.2. The van der Waals surface area contributed by atoms with Crippen molar-refractivity contribution in [3.63, 3.8) is 0 Å². The van der Waals surface area contributed by atoms with Crippen LogP contribution in [0, 0.1) is 0 Å². The molecule has 0 saturated carbocycles. The summed E-state index contributed by atoms with van der Waals surface area (Å²) in [7, 11) is 0. The summed E-state index contributed by atoms with van der Waals surface area (Å²) >= 11 is 0. The molecule has 0 unspecified atom stereocenters. The minimum absolute atomic E-state index is 0.00926. The van der Waals surface area contributed by atoms with Gasteiger partial charge in [0.15, 0.2) is 11.3 Å². The van der Waals surface area contributed by atoms with Crippen LogP contribution >= 0.6 is 0 Å². The third-order valence-corrected chi connectivity index (χ3v) is 20.9. The van der Waals surface area contributed by atoms with E-state index in [1.54, 1.807) is 43.5 Å². The number of fused-ring (bicyclic) bond motifs is 9. The van der Waals surface area contributed by atoms with E-state index in [0.29, 0.717) is 65.3 Å². The molecule has 0 radical (unpaired) electrons. The van der Waals surface area contributed by atoms with Crippen LogP contribution < -0.4 is 27.4 Å². The Morgan fingerprint density at radius 2 is 0.967 bits per heavy atom. The highest BCUT2D eigenvalue weighted by molar-refractivity contribution is 5.97. The van der Waals surface area contributed by atoms with Gasteiger partial charge in [0.1, 0.15) is 11.8 Å². The quantitative estimate of drug-likeness (QED) is 0.0897. The van der Waals surface area contributed by atoms with Crippen LogP contribution in [-0.2, 0) is 17.6 Å². The van der Waals surface area contributed by atoms with Crippen molar-refractivity contribution in [1.82, 2.24) is 75.1 Å². The third-order valence-electron chi connectivity index (χ3n) is 20.9. The van der Waals surface area contributed by atoms with E-state index < -0.39 is 0 Å². The topological polar surface area (TPSA) is 299 Å². The minimum Gasteiger partial charge on any atom is -0.352 e. The van der Waals surface area contributed by atoms with E-state index in [4.69, 9.17) is 0 Å². The molecule has 122 heavy (non-hydrogen) atoms. The lowest BCUT2D eigenvalue weighted by atomic mass is 9.94. The van der Waals surface area contributed by atoms with Crippen LogP contribution in [0.4, 0.5) is 5.69 Å². The van der Waals surface area contributed by atoms with Crippen LogP contribution in [0.15, 0.2) is 247 Å². The fraction of sp³-hybridized carbons (Fsp3) is 0.307. The Bertz CT molecular complexity index is 6100. The van der Waals surface area contributed by atoms with Crippen LogP contribution in [0.2, 0.25) is 0 Å². The van der Waals surface area contributed by atoms with Gasteiger partial charge in [0.2, 0.25) is 5.91 Å². The van der Waals surface area contributed by atoms with Gasteiger partial charge in [-0.1, -0.05) is 191 Å². The number of hydrogen-bond acceptors (Lipinski definition) is 16. The summed E-state index contributed by atoms with van der Waals surface area (Å²) in [5.74, 6) is 4.54. The van der Waals surface area contributed by atoms with Crippen molar-refractivity contribution >= 4 is 94.1 Å². The van der Waals surface area contributed by atoms with E-state index in [0.717, 1.165) is 102 Å². The highest BCUT2D eigenvalue weighted by Crippen LogP contribution is 2.29. The number of pyridine rings is 6. The summed E-state index contributed by atoms with van der Waals surface area (Å²) in [4.78, 5) is 110. The number of nitrogens with one attached hydrogen (secondary N) is 5. The van der Waals surface area contributed by atoms with Crippen molar-refractivity contribution in [3.05, 3.63) is 330 Å². The molecule has 2 aliphatic heterocycles. The maximum atomic E-state index is 11.5. The van der Waals surface area contributed by atoms with Gasteiger partial charge in [-0.3, -0.25) is 34.1 Å². The summed E-state index contributed by atoms with van der Waals surface area (Å²) in [6.45, 7) is 39.3. The highest BCUT2D eigenvalue weighted by Gasteiger charge is 2.19. The molecule has 18 rings (SSSR count). The molecule has 6 aromatic carbocycles. The summed E-state index contributed by atoms with van der Waals surface area (Å²) in [5.41, 5.74) is 20.6. The number of rotatable bonds is 9. The van der Waals surface area contributed by atoms with E-state index in [1.165, 1.54) is 67.0 Å². The fourth-order valence-corrected chi connectivity index (χ4v) is 13.2. The number of nitrogens with zero attached hydrogens (tertiary/aromatic N) is 11. The van der Waals surface area contributed by atoms with Crippen molar-refractivity contribution in [2.24, 2.45) is 0 Å². The number of benzene rings is 6. The zero-order valence-electron chi connectivity index (χ0n) is 73.4. The molecule has 0 aliphatic carbocycles. The molecule has 0 bridgehead atoms. The van der Waals surface area contributed by atoms with Crippen molar-refractivity contribution in [2.45, 2.75) is 197 Å². The maximum Gasteiger partial charge on any atom is 0.345 e. The number of amides is 2. The molecule has 2 amide bonds. The Balaban J connectivity index is 0.000000144. The lowest BCUT2D eigenvalue weighted by molar-refractivity contribution is -0.116. The average Bonchev–Trinajstić information content (AvgIpc) is 0.838. The van der Waals surface area contributed by atoms with Crippen molar-refractivity contribution in [1.29, 1.82) is 0 Å². The lowest BCUT2D eigenvalue weighted by Gasteiger charge is -2.18. The van der Waals surface area contributed by atoms with Gasteiger partial charge in [0.05, 0.1) is 34.0 Å². The molecule has 0 spiro atoms. The number of carbonyl (C=O) groups is 2. The number of aryl methyl sites for hydroxylation is 1. The van der Waals surface area contributed by atoms with Gasteiger partial charge < -0.3 is 25.6 Å². The largest absolute Gasteiger partial charge is 0.352 e. The molecule has 10 aromatic heterocycles. The minimum atomic E-state index is -0.293. The smallest absolute Gasteiger partial charge is 0.345 e. The summed E-state index contributed by atoms with van der Waals surface area (Å²) in [6, 6.07) is 53.2. The van der Waals surface area contributed by atoms with Gasteiger partial charge >= 0.3 is 5.69 Å². The number of hydrogen-bond donors (Lipinski definition) is 5. The Hall–Kier alpha value is -13.3. The van der Waals surface area contributed by atoms with Crippen molar-refractivity contribution in [2.75, 3.05) is 11.9 Å². The first-order valence-corrected chi connectivity index (χ1v) is 42.1. The Labute approximate surface area is 714 Å². The summed E-state index contributed by atoms with van der Waals surface area (Å²) in [5, 5.41) is 13.2. The van der Waals surface area contributed by atoms with E-state index >= 15 is 0 Å². The molecule has 21 heteroatoms. The lowest BCUT2D eigenvalue weighted by Crippen LogP contribution is -2.31. The average molecular weight is 1630 g/mol. The molecule has 21 nitrogen and oxygen atoms in total. The molecule has 16 aromatic rings. The number of anilines is 1. The van der Waals surface area contributed by atoms with Gasteiger partial charge in [0.25, 0.3) is 17.0 Å². The van der Waals surface area contributed by atoms with Crippen LogP contribution in [-0.4, -0.2) is 88.1 Å². The third kappa shape index (κ3) is 25.6. The second-order valence-corrected chi connectivity index (χ2v) is 33.1. The molecular weight excluding hydrogens is 1520 g/mol. The van der Waals surface area contributed by atoms with Crippen LogP contribution in [0.5, 0.6) is 0 Å². The molecule has 5 N–H and O–H groups in total. The Kier molecular flexibility index (Phi) is 32.5. The first-order valence-electron chi connectivity index (χ1n) is 42.1. The number of carbonyl (C=O) groups excluding carboxylic acids is 2. The Morgan fingerprint density at radius 1 is 0.361 bits per heavy atom. The second-order valence-electron chi connectivity index (χ2n) is 33.1. The molecule has 12 heterocycles. The standard InChI is InChI=1S/C12H15NO.C12H13NO.C12H15NO.C12H13N.2C11H12N2O.C11H12N2.2C10H11N3/c2*1-8(2)10-4-3-9-5-6-13-12(14)11(9)7-10;1-8(2)10-4-3-9-5-6-12(14)13-11(9)7-10;1-9(2)11-4-3-10-5-6-13-8-12(10)7-11;1-7(2)8-3-4-9-10(5-8)13-11(14)6-12-9;1-7(2)8-3-4-9-6-12-11(14)13-10(9)5-8;1-8(2)10-6-5-9-4-3-7-12-11(9)13-10;1-7(2)8-5-9-10(13-6-8)12-4-3-11-9;1-7(2)9-10-8(3-4-12-9)5-11-6-13-10/h3-4,7-8H,5-6H2,1-2H3,(H,13,14);3-8H,1-2H3,(H,13,14);3-4,7-8H,5-6H2,1-2H3,(H,13,14);3-9H,1-2H3;3-7H,1-2H3,(H,13,14);3-7H,1-2H3,(H,12,13,14);3-8H,1-2H3;2*3-7H,1-2H3. The predicted molar refractivity (Wildman–Crippen MR) is 498 cm³/mol. The number of aromatic nitrogens is 14. The van der Waals surface area contributed by atoms with E-state index in [-0.39, 0.29) is 28.6 Å². The normalized spacial score (nSPS) is 12.0. The Morgan fingerprint density at radius 3 is 1.67 bits per heavy atom. The number of aromatic amines is 3. The first kappa shape index (κ1) is 91.0. The van der Waals surface area contributed by atoms with E-state index in [2.05, 4.69) is 278 Å². The first-order chi connectivity index (χ1) is 58.5. The van der Waals surface area contributed by atoms with Crippen LogP contribution in [0.1, 0.15) is 256 Å². The van der Waals surface area contributed by atoms with Gasteiger partial charge in [-0.25, -0.2) is 44.7 Å². The molecule has 0 atom stereocenters. The molecule has 0 saturated heterocycles. The monoisotopic (exact) mass is 1630 g/mol. The van der Waals surface area contributed by atoms with E-state index in [1.807, 2.05) is 110 Å². The van der Waals surface area contributed by atoms with Gasteiger partial charge in [-0.2, -0.15) is 0 Å². The zero-order chi connectivity index (χ0) is 87.7. The van der Waals surface area contributed by atoms with Crippen LogP contribution in [0.25, 0.3) is 76.6 Å². The molecule has 2 aliphatic rings. The van der Waals surface area contributed by atoms with Crippen molar-refractivity contribution < 1.29 is 9.59 Å². The molecule has 0 fully saturated rings. The van der Waals surface area contributed by atoms with Crippen LogP contribution in [0.3, 0.4) is 0 Å². The zero-order valence-corrected chi connectivity index (χ0v) is 73.4.